The van der Waals surface area contributed by atoms with Crippen molar-refractivity contribution in [1.29, 1.82) is 0 Å². The molecular weight excluding hydrogens is 216 g/mol. The standard InChI is InChI=1S/C18H18/c1-3-13-5-7-15-9-10-16-8-6-14(4-2)12-18(16)17(15)11-13/h5-12H,3-4H2,1-2H3. The third-order valence-corrected chi connectivity index (χ3v) is 3.78. The van der Waals surface area contributed by atoms with Crippen LogP contribution >= 0.6 is 0 Å². The molecule has 0 unspecified atom stereocenters. The molecule has 0 N–H and O–H groups in total. The van der Waals surface area contributed by atoms with Gasteiger partial charge in [-0.05, 0) is 45.5 Å². The van der Waals surface area contributed by atoms with Crippen molar-refractivity contribution in [2.24, 2.45) is 0 Å². The first kappa shape index (κ1) is 11.3. The Bertz CT molecular complexity index is 645. The van der Waals surface area contributed by atoms with Crippen molar-refractivity contribution in [2.45, 2.75) is 26.7 Å². The van der Waals surface area contributed by atoms with Gasteiger partial charge in [0.25, 0.3) is 0 Å². The van der Waals surface area contributed by atoms with Gasteiger partial charge >= 0.3 is 0 Å². The predicted molar refractivity (Wildman–Crippen MR) is 80.2 cm³/mol. The second-order valence-corrected chi connectivity index (χ2v) is 4.88. The highest BCUT2D eigenvalue weighted by Crippen LogP contribution is 2.27. The highest BCUT2D eigenvalue weighted by molar-refractivity contribution is 6.07. The summed E-state index contributed by atoms with van der Waals surface area (Å²) in [5, 5.41) is 5.46. The molecule has 0 saturated carbocycles. The van der Waals surface area contributed by atoms with Crippen LogP contribution in [0.3, 0.4) is 0 Å². The molecule has 0 aliphatic heterocycles. The fourth-order valence-corrected chi connectivity index (χ4v) is 2.58. The number of hydrogen-bond acceptors (Lipinski definition) is 0. The van der Waals surface area contributed by atoms with Crippen LogP contribution < -0.4 is 0 Å². The lowest BCUT2D eigenvalue weighted by Gasteiger charge is -2.07. The molecule has 0 heteroatoms. The molecule has 0 spiro atoms. The molecule has 0 aromatic heterocycles. The van der Waals surface area contributed by atoms with Crippen molar-refractivity contribution in [3.63, 3.8) is 0 Å². The maximum absolute atomic E-state index is 2.34. The van der Waals surface area contributed by atoms with E-state index in [4.69, 9.17) is 0 Å². The molecule has 0 aliphatic carbocycles. The van der Waals surface area contributed by atoms with Crippen LogP contribution in [-0.4, -0.2) is 0 Å². The Morgan fingerprint density at radius 2 is 1.00 bits per heavy atom. The van der Waals surface area contributed by atoms with Crippen LogP contribution in [0.4, 0.5) is 0 Å². The third kappa shape index (κ3) is 1.78. The lowest BCUT2D eigenvalue weighted by Crippen LogP contribution is -1.85. The maximum Gasteiger partial charge on any atom is -0.0103 e. The Hall–Kier alpha value is -1.82. The average Bonchev–Trinajstić information content (AvgIpc) is 2.45. The normalized spacial score (nSPS) is 11.2. The molecule has 0 heterocycles. The highest BCUT2D eigenvalue weighted by atomic mass is 14.1. The SMILES string of the molecule is CCc1ccc2ccc3ccc(CC)cc3c2c1. The largest absolute Gasteiger partial charge is 0.0613 e. The van der Waals surface area contributed by atoms with E-state index in [1.807, 2.05) is 0 Å². The van der Waals surface area contributed by atoms with Gasteiger partial charge in [-0.25, -0.2) is 0 Å². The molecule has 0 bridgehead atoms. The molecule has 90 valence electrons. The zero-order valence-electron chi connectivity index (χ0n) is 11.0. The van der Waals surface area contributed by atoms with Gasteiger partial charge in [0.05, 0.1) is 0 Å². The Morgan fingerprint density at radius 3 is 1.39 bits per heavy atom. The van der Waals surface area contributed by atoms with Crippen LogP contribution in [0.5, 0.6) is 0 Å². The fourth-order valence-electron chi connectivity index (χ4n) is 2.58. The summed E-state index contributed by atoms with van der Waals surface area (Å²) in [7, 11) is 0. The van der Waals surface area contributed by atoms with Crippen molar-refractivity contribution in [3.8, 4) is 0 Å². The van der Waals surface area contributed by atoms with Gasteiger partial charge in [0.1, 0.15) is 0 Å². The zero-order valence-corrected chi connectivity index (χ0v) is 11.0. The molecule has 0 amide bonds. The van der Waals surface area contributed by atoms with Crippen LogP contribution in [-0.2, 0) is 12.8 Å². The van der Waals surface area contributed by atoms with E-state index >= 15 is 0 Å². The molecule has 0 atom stereocenters. The molecule has 0 saturated heterocycles. The van der Waals surface area contributed by atoms with Gasteiger partial charge in [-0.1, -0.05) is 62.4 Å². The Balaban J connectivity index is 2.40. The minimum atomic E-state index is 1.10. The quantitative estimate of drug-likeness (QED) is 0.540. The topological polar surface area (TPSA) is 0 Å². The van der Waals surface area contributed by atoms with Gasteiger partial charge < -0.3 is 0 Å². The summed E-state index contributed by atoms with van der Waals surface area (Å²) in [6, 6.07) is 18.1. The molecular formula is C18H18. The lowest BCUT2D eigenvalue weighted by atomic mass is 9.97. The smallest absolute Gasteiger partial charge is 0.0103 e. The van der Waals surface area contributed by atoms with Gasteiger partial charge in [0.15, 0.2) is 0 Å². The van der Waals surface area contributed by atoms with E-state index in [0.717, 1.165) is 12.8 Å². The number of benzene rings is 3. The van der Waals surface area contributed by atoms with Gasteiger partial charge in [0, 0.05) is 0 Å². The van der Waals surface area contributed by atoms with Crippen molar-refractivity contribution in [3.05, 3.63) is 59.7 Å². The van der Waals surface area contributed by atoms with E-state index in [2.05, 4.69) is 62.4 Å². The summed E-state index contributed by atoms with van der Waals surface area (Å²) in [6.07, 6.45) is 2.19. The lowest BCUT2D eigenvalue weighted by molar-refractivity contribution is 1.14. The molecule has 3 aromatic rings. The number of hydrogen-bond donors (Lipinski definition) is 0. The average molecular weight is 234 g/mol. The summed E-state index contributed by atoms with van der Waals surface area (Å²) in [5.41, 5.74) is 2.83. The summed E-state index contributed by atoms with van der Waals surface area (Å²) in [6.45, 7) is 4.42. The molecule has 0 aliphatic rings. The van der Waals surface area contributed by atoms with Crippen molar-refractivity contribution < 1.29 is 0 Å². The van der Waals surface area contributed by atoms with Crippen LogP contribution in [0.25, 0.3) is 21.5 Å². The van der Waals surface area contributed by atoms with Crippen molar-refractivity contribution >= 4 is 21.5 Å². The van der Waals surface area contributed by atoms with Gasteiger partial charge in [0.2, 0.25) is 0 Å². The molecule has 3 aromatic carbocycles. The van der Waals surface area contributed by atoms with E-state index in [9.17, 15) is 0 Å². The summed E-state index contributed by atoms with van der Waals surface area (Å²) < 4.78 is 0. The predicted octanol–water partition coefficient (Wildman–Crippen LogP) is 5.12. The molecule has 18 heavy (non-hydrogen) atoms. The highest BCUT2D eigenvalue weighted by Gasteiger charge is 2.02. The zero-order chi connectivity index (χ0) is 12.5. The minimum absolute atomic E-state index is 1.10. The van der Waals surface area contributed by atoms with Crippen LogP contribution in [0.2, 0.25) is 0 Å². The Morgan fingerprint density at radius 1 is 0.611 bits per heavy atom. The van der Waals surface area contributed by atoms with Gasteiger partial charge in [-0.15, -0.1) is 0 Å². The van der Waals surface area contributed by atoms with Crippen molar-refractivity contribution in [2.75, 3.05) is 0 Å². The number of rotatable bonds is 2. The number of aryl methyl sites for hydroxylation is 2. The Kier molecular flexibility index (Phi) is 2.79. The second kappa shape index (κ2) is 4.45. The molecule has 0 nitrogen and oxygen atoms in total. The first-order chi connectivity index (χ1) is 8.81. The van der Waals surface area contributed by atoms with Gasteiger partial charge in [-0.3, -0.25) is 0 Å². The van der Waals surface area contributed by atoms with E-state index in [1.54, 1.807) is 0 Å². The first-order valence-corrected chi connectivity index (χ1v) is 6.76. The van der Waals surface area contributed by atoms with E-state index in [1.165, 1.54) is 32.7 Å². The fraction of sp³-hybridized carbons (Fsp3) is 0.222. The summed E-state index contributed by atoms with van der Waals surface area (Å²) in [5.74, 6) is 0. The van der Waals surface area contributed by atoms with Crippen LogP contribution in [0, 0.1) is 0 Å². The van der Waals surface area contributed by atoms with Gasteiger partial charge in [-0.2, -0.15) is 0 Å². The maximum atomic E-state index is 2.34. The minimum Gasteiger partial charge on any atom is -0.0613 e. The Labute approximate surface area is 108 Å². The molecule has 0 fully saturated rings. The summed E-state index contributed by atoms with van der Waals surface area (Å²) >= 11 is 0. The van der Waals surface area contributed by atoms with Crippen LogP contribution in [0.15, 0.2) is 48.5 Å². The molecule has 3 rings (SSSR count). The van der Waals surface area contributed by atoms with Crippen molar-refractivity contribution in [1.82, 2.24) is 0 Å². The third-order valence-electron chi connectivity index (χ3n) is 3.78. The van der Waals surface area contributed by atoms with E-state index in [-0.39, 0.29) is 0 Å². The number of fused-ring (bicyclic) bond motifs is 3. The first-order valence-electron chi connectivity index (χ1n) is 6.76. The molecule has 0 radical (unpaired) electrons. The summed E-state index contributed by atoms with van der Waals surface area (Å²) in [4.78, 5) is 0. The van der Waals surface area contributed by atoms with E-state index in [0.29, 0.717) is 0 Å². The monoisotopic (exact) mass is 234 g/mol. The van der Waals surface area contributed by atoms with Crippen LogP contribution in [0.1, 0.15) is 25.0 Å². The van der Waals surface area contributed by atoms with E-state index < -0.39 is 0 Å². The second-order valence-electron chi connectivity index (χ2n) is 4.88.